The second-order valence-electron chi connectivity index (χ2n) is 8.62. The third-order valence-electron chi connectivity index (χ3n) is 6.63. The van der Waals surface area contributed by atoms with E-state index >= 15 is 0 Å². The largest absolute Gasteiger partial charge is 0.465 e. The van der Waals surface area contributed by atoms with Gasteiger partial charge < -0.3 is 14.2 Å². The standard InChI is InChI=1S/C26H29FN2O3/c1-16-14-19(17(2)28(16)22-12-10-20(27)11-13-22)15-23-24(26(31)32-4)18(3)29(25(23)30)21-8-6-5-7-9-21/h10-15,21H,5-9H2,1-4H3/b23-15-. The number of carbonyl (C=O) groups excluding carboxylic acids is 2. The van der Waals surface area contributed by atoms with Gasteiger partial charge >= 0.3 is 5.97 Å². The Bertz CT molecular complexity index is 1120. The SMILES string of the molecule is COC(=O)C1=C(C)N(C2CCCCC2)C(=O)/C1=C\c1cc(C)n(-c2ccc(F)cc2)c1C. The third-order valence-corrected chi connectivity index (χ3v) is 6.63. The van der Waals surface area contributed by atoms with Gasteiger partial charge in [-0.3, -0.25) is 4.79 Å². The minimum Gasteiger partial charge on any atom is -0.465 e. The van der Waals surface area contributed by atoms with Crippen molar-refractivity contribution in [2.75, 3.05) is 7.11 Å². The lowest BCUT2D eigenvalue weighted by Gasteiger charge is -2.32. The highest BCUT2D eigenvalue weighted by atomic mass is 19.1. The molecule has 0 radical (unpaired) electrons. The number of benzene rings is 1. The summed E-state index contributed by atoms with van der Waals surface area (Å²) in [5.41, 5.74) is 4.94. The maximum atomic E-state index is 13.5. The van der Waals surface area contributed by atoms with Gasteiger partial charge in [-0.1, -0.05) is 19.3 Å². The normalized spacial score (nSPS) is 18.7. The van der Waals surface area contributed by atoms with Crippen molar-refractivity contribution in [3.63, 3.8) is 0 Å². The highest BCUT2D eigenvalue weighted by Gasteiger charge is 2.40. The van der Waals surface area contributed by atoms with E-state index in [4.69, 9.17) is 4.74 Å². The van der Waals surface area contributed by atoms with Crippen LogP contribution in [0.2, 0.25) is 0 Å². The first-order chi connectivity index (χ1) is 15.3. The van der Waals surface area contributed by atoms with E-state index in [2.05, 4.69) is 0 Å². The number of hydrogen-bond acceptors (Lipinski definition) is 3. The summed E-state index contributed by atoms with van der Waals surface area (Å²) in [6.07, 6.45) is 7.06. The molecule has 0 bridgehead atoms. The minimum absolute atomic E-state index is 0.119. The molecule has 0 spiro atoms. The summed E-state index contributed by atoms with van der Waals surface area (Å²) in [7, 11) is 1.34. The molecule has 2 heterocycles. The number of aromatic nitrogens is 1. The number of hydrogen-bond donors (Lipinski definition) is 0. The van der Waals surface area contributed by atoms with Crippen LogP contribution in [0.3, 0.4) is 0 Å². The van der Waals surface area contributed by atoms with Gasteiger partial charge in [-0.2, -0.15) is 0 Å². The predicted molar refractivity (Wildman–Crippen MR) is 122 cm³/mol. The number of esters is 1. The highest BCUT2D eigenvalue weighted by molar-refractivity contribution is 6.16. The Morgan fingerprint density at radius 3 is 2.38 bits per heavy atom. The molecule has 0 atom stereocenters. The molecule has 4 rings (SSSR count). The van der Waals surface area contributed by atoms with E-state index in [-0.39, 0.29) is 17.8 Å². The van der Waals surface area contributed by atoms with Gasteiger partial charge in [0.25, 0.3) is 5.91 Å². The molecule has 2 aromatic rings. The molecule has 168 valence electrons. The summed E-state index contributed by atoms with van der Waals surface area (Å²) in [6, 6.07) is 8.40. The summed E-state index contributed by atoms with van der Waals surface area (Å²) in [5, 5.41) is 0. The molecule has 1 aromatic carbocycles. The van der Waals surface area contributed by atoms with Gasteiger partial charge in [0.1, 0.15) is 5.82 Å². The first-order valence-corrected chi connectivity index (χ1v) is 11.1. The zero-order valence-corrected chi connectivity index (χ0v) is 19.1. The van der Waals surface area contributed by atoms with Crippen LogP contribution in [-0.4, -0.2) is 34.5 Å². The Balaban J connectivity index is 1.78. The number of allylic oxidation sites excluding steroid dienone is 1. The average molecular weight is 437 g/mol. The van der Waals surface area contributed by atoms with Crippen molar-refractivity contribution in [3.05, 3.63) is 69.9 Å². The van der Waals surface area contributed by atoms with Crippen molar-refractivity contribution >= 4 is 18.0 Å². The summed E-state index contributed by atoms with van der Waals surface area (Å²) in [6.45, 7) is 5.75. The molecule has 1 aliphatic carbocycles. The van der Waals surface area contributed by atoms with Crippen LogP contribution in [-0.2, 0) is 14.3 Å². The third kappa shape index (κ3) is 3.78. The number of nitrogens with zero attached hydrogens (tertiary/aromatic N) is 2. The molecule has 5 nitrogen and oxygen atoms in total. The van der Waals surface area contributed by atoms with Gasteiger partial charge in [-0.25, -0.2) is 9.18 Å². The van der Waals surface area contributed by atoms with E-state index in [9.17, 15) is 14.0 Å². The Morgan fingerprint density at radius 1 is 1.09 bits per heavy atom. The number of halogens is 1. The van der Waals surface area contributed by atoms with Crippen molar-refractivity contribution < 1.29 is 18.7 Å². The summed E-state index contributed by atoms with van der Waals surface area (Å²) < 4.78 is 20.4. The van der Waals surface area contributed by atoms with Crippen LogP contribution < -0.4 is 0 Å². The van der Waals surface area contributed by atoms with E-state index in [0.717, 1.165) is 48.3 Å². The maximum Gasteiger partial charge on any atom is 0.340 e. The van der Waals surface area contributed by atoms with Crippen molar-refractivity contribution in [3.8, 4) is 5.69 Å². The predicted octanol–water partition coefficient (Wildman–Crippen LogP) is 5.24. The fourth-order valence-corrected chi connectivity index (χ4v) is 5.05. The number of rotatable bonds is 4. The fraction of sp³-hybridized carbons (Fsp3) is 0.385. The van der Waals surface area contributed by atoms with Crippen LogP contribution in [0.25, 0.3) is 11.8 Å². The molecule has 1 aromatic heterocycles. The van der Waals surface area contributed by atoms with Gasteiger partial charge in [-0.05, 0) is 75.6 Å². The fourth-order valence-electron chi connectivity index (χ4n) is 5.05. The Morgan fingerprint density at radius 2 is 1.75 bits per heavy atom. The van der Waals surface area contributed by atoms with Crippen molar-refractivity contribution in [2.45, 2.75) is 58.9 Å². The molecule has 1 aliphatic heterocycles. The summed E-state index contributed by atoms with van der Waals surface area (Å²) in [4.78, 5) is 28.0. The minimum atomic E-state index is -0.493. The quantitative estimate of drug-likeness (QED) is 0.487. The zero-order chi connectivity index (χ0) is 23.0. The first kappa shape index (κ1) is 22.1. The van der Waals surface area contributed by atoms with E-state index in [1.165, 1.54) is 25.7 Å². The second kappa shape index (κ2) is 8.77. The Labute approximate surface area is 188 Å². The van der Waals surface area contributed by atoms with Crippen LogP contribution >= 0.6 is 0 Å². The Kier molecular flexibility index (Phi) is 6.04. The molecular weight excluding hydrogens is 407 g/mol. The van der Waals surface area contributed by atoms with Gasteiger partial charge in [-0.15, -0.1) is 0 Å². The molecule has 0 unspecified atom stereocenters. The molecule has 1 fully saturated rings. The molecule has 1 amide bonds. The van der Waals surface area contributed by atoms with Gasteiger partial charge in [0.2, 0.25) is 0 Å². The van der Waals surface area contributed by atoms with Crippen molar-refractivity contribution in [1.82, 2.24) is 9.47 Å². The van der Waals surface area contributed by atoms with Crippen LogP contribution in [0.1, 0.15) is 56.0 Å². The van der Waals surface area contributed by atoms with Gasteiger partial charge in [0, 0.05) is 28.8 Å². The van der Waals surface area contributed by atoms with E-state index < -0.39 is 5.97 Å². The van der Waals surface area contributed by atoms with Gasteiger partial charge in [0.15, 0.2) is 0 Å². The number of ether oxygens (including phenoxy) is 1. The molecule has 1 saturated carbocycles. The first-order valence-electron chi connectivity index (χ1n) is 11.1. The van der Waals surface area contributed by atoms with E-state index in [0.29, 0.717) is 16.8 Å². The summed E-state index contributed by atoms with van der Waals surface area (Å²) >= 11 is 0. The number of amides is 1. The lowest BCUT2D eigenvalue weighted by atomic mass is 9.94. The van der Waals surface area contributed by atoms with Crippen molar-refractivity contribution in [1.29, 1.82) is 0 Å². The van der Waals surface area contributed by atoms with Crippen molar-refractivity contribution in [2.24, 2.45) is 0 Å². The molecule has 6 heteroatoms. The molecule has 32 heavy (non-hydrogen) atoms. The molecular formula is C26H29FN2O3. The van der Waals surface area contributed by atoms with Crippen LogP contribution in [0.4, 0.5) is 4.39 Å². The smallest absolute Gasteiger partial charge is 0.340 e. The monoisotopic (exact) mass is 436 g/mol. The lowest BCUT2D eigenvalue weighted by Crippen LogP contribution is -2.37. The number of methoxy groups -OCH3 is 1. The lowest BCUT2D eigenvalue weighted by molar-refractivity contribution is -0.136. The molecule has 0 saturated heterocycles. The van der Waals surface area contributed by atoms with E-state index in [1.807, 2.05) is 31.4 Å². The number of carbonyl (C=O) groups is 2. The topological polar surface area (TPSA) is 51.5 Å². The second-order valence-corrected chi connectivity index (χ2v) is 8.62. The zero-order valence-electron chi connectivity index (χ0n) is 19.1. The Hall–Kier alpha value is -3.15. The van der Waals surface area contributed by atoms with Crippen LogP contribution in [0.5, 0.6) is 0 Å². The van der Waals surface area contributed by atoms with Gasteiger partial charge in [0.05, 0.1) is 18.3 Å². The molecule has 2 aliphatic rings. The maximum absolute atomic E-state index is 13.5. The van der Waals surface area contributed by atoms with Crippen LogP contribution in [0, 0.1) is 19.7 Å². The summed E-state index contributed by atoms with van der Waals surface area (Å²) in [5.74, 6) is -0.921. The van der Waals surface area contributed by atoms with Crippen LogP contribution in [0.15, 0.2) is 47.2 Å². The molecule has 0 N–H and O–H groups in total. The average Bonchev–Trinajstić information content (AvgIpc) is 3.20. The van der Waals surface area contributed by atoms with E-state index in [1.54, 1.807) is 23.1 Å². The number of aryl methyl sites for hydroxylation is 1. The highest BCUT2D eigenvalue weighted by Crippen LogP contribution is 2.37.